The molecule has 0 saturated heterocycles. The molecular weight excluding hydrogens is 333 g/mol. The second kappa shape index (κ2) is 6.06. The third-order valence-electron chi connectivity index (χ3n) is 3.76. The summed E-state index contributed by atoms with van der Waals surface area (Å²) in [5, 5.41) is 3.53. The Balaban J connectivity index is 1.92. The largest absolute Gasteiger partial charge is 0.493 e. The minimum absolute atomic E-state index is 0.180. The predicted molar refractivity (Wildman–Crippen MR) is 86.4 cm³/mol. The first-order valence-electron chi connectivity index (χ1n) is 7.08. The summed E-state index contributed by atoms with van der Waals surface area (Å²) in [5.74, 6) is 0.714. The van der Waals surface area contributed by atoms with Gasteiger partial charge in [-0.15, -0.1) is 0 Å². The highest BCUT2D eigenvalue weighted by Crippen LogP contribution is 2.36. The van der Waals surface area contributed by atoms with Crippen LogP contribution in [0.25, 0.3) is 0 Å². The van der Waals surface area contributed by atoms with Crippen LogP contribution in [0, 0.1) is 12.7 Å². The second-order valence-electron chi connectivity index (χ2n) is 5.33. The fourth-order valence-corrected chi connectivity index (χ4v) is 3.01. The highest BCUT2D eigenvalue weighted by atomic mass is 79.9. The van der Waals surface area contributed by atoms with Gasteiger partial charge in [0.15, 0.2) is 0 Å². The molecule has 1 aliphatic heterocycles. The molecule has 1 atom stereocenters. The molecule has 1 unspecified atom stereocenters. The van der Waals surface area contributed by atoms with Crippen LogP contribution in [-0.4, -0.2) is 6.61 Å². The molecule has 1 N–H and O–H groups in total. The smallest absolute Gasteiger partial charge is 0.125 e. The van der Waals surface area contributed by atoms with E-state index in [1.165, 1.54) is 6.07 Å². The van der Waals surface area contributed by atoms with Crippen molar-refractivity contribution in [1.29, 1.82) is 0 Å². The molecule has 0 fully saturated rings. The van der Waals surface area contributed by atoms with Crippen molar-refractivity contribution in [3.8, 4) is 5.75 Å². The number of hydrogen-bond acceptors (Lipinski definition) is 2. The summed E-state index contributed by atoms with van der Waals surface area (Å²) in [5.41, 5.74) is 3.04. The molecule has 0 saturated carbocycles. The van der Waals surface area contributed by atoms with E-state index >= 15 is 0 Å². The minimum atomic E-state index is -0.202. The molecule has 1 heterocycles. The zero-order valence-corrected chi connectivity index (χ0v) is 13.4. The van der Waals surface area contributed by atoms with Gasteiger partial charge in [0.2, 0.25) is 0 Å². The van der Waals surface area contributed by atoms with E-state index in [-0.39, 0.29) is 11.9 Å². The van der Waals surface area contributed by atoms with Gasteiger partial charge >= 0.3 is 0 Å². The first-order chi connectivity index (χ1) is 10.1. The van der Waals surface area contributed by atoms with Crippen molar-refractivity contribution in [3.63, 3.8) is 0 Å². The Kier molecular flexibility index (Phi) is 4.15. The molecule has 2 aromatic rings. The Bertz CT molecular complexity index is 659. The molecule has 0 radical (unpaired) electrons. The zero-order valence-electron chi connectivity index (χ0n) is 11.8. The number of rotatable bonds is 2. The van der Waals surface area contributed by atoms with Gasteiger partial charge in [-0.05, 0) is 55.7 Å². The van der Waals surface area contributed by atoms with Gasteiger partial charge in [-0.3, -0.25) is 0 Å². The van der Waals surface area contributed by atoms with Gasteiger partial charge in [0.05, 0.1) is 12.6 Å². The molecule has 2 nitrogen and oxygen atoms in total. The topological polar surface area (TPSA) is 21.3 Å². The Morgan fingerprint density at radius 2 is 2.10 bits per heavy atom. The van der Waals surface area contributed by atoms with Gasteiger partial charge in [-0.1, -0.05) is 22.0 Å². The average molecular weight is 350 g/mol. The number of aryl methyl sites for hydroxylation is 1. The van der Waals surface area contributed by atoms with Crippen molar-refractivity contribution in [2.24, 2.45) is 0 Å². The van der Waals surface area contributed by atoms with E-state index in [1.807, 2.05) is 19.1 Å². The van der Waals surface area contributed by atoms with Crippen LogP contribution in [0.15, 0.2) is 40.9 Å². The van der Waals surface area contributed by atoms with Crippen LogP contribution in [0.1, 0.15) is 30.0 Å². The van der Waals surface area contributed by atoms with E-state index in [1.54, 1.807) is 12.1 Å². The molecule has 0 aromatic heterocycles. The molecule has 0 aliphatic carbocycles. The standard InChI is InChI=1S/C17H17BrFNO/c1-11-9-13(19)5-7-15(11)20-16-3-2-8-21-17-10-12(18)4-6-14(16)17/h4-7,9-10,16,20H,2-3,8H2,1H3. The van der Waals surface area contributed by atoms with Crippen molar-refractivity contribution in [3.05, 3.63) is 57.8 Å². The Labute approximate surface area is 132 Å². The third kappa shape index (κ3) is 3.21. The molecule has 3 rings (SSSR count). The Morgan fingerprint density at radius 3 is 2.90 bits per heavy atom. The molecular formula is C17H17BrFNO. The van der Waals surface area contributed by atoms with Gasteiger partial charge in [-0.2, -0.15) is 0 Å². The Morgan fingerprint density at radius 1 is 1.24 bits per heavy atom. The van der Waals surface area contributed by atoms with Crippen LogP contribution in [0.5, 0.6) is 5.75 Å². The summed E-state index contributed by atoms with van der Waals surface area (Å²) in [6.45, 7) is 2.64. The quantitative estimate of drug-likeness (QED) is 0.802. The summed E-state index contributed by atoms with van der Waals surface area (Å²) >= 11 is 3.48. The van der Waals surface area contributed by atoms with E-state index in [4.69, 9.17) is 4.74 Å². The number of ether oxygens (including phenoxy) is 1. The van der Waals surface area contributed by atoms with Crippen LogP contribution >= 0.6 is 15.9 Å². The number of anilines is 1. The average Bonchev–Trinajstić information content (AvgIpc) is 2.64. The van der Waals surface area contributed by atoms with E-state index in [2.05, 4.69) is 27.3 Å². The number of halogens is 2. The van der Waals surface area contributed by atoms with Crippen molar-refractivity contribution in [2.45, 2.75) is 25.8 Å². The van der Waals surface area contributed by atoms with E-state index in [9.17, 15) is 4.39 Å². The first kappa shape index (κ1) is 14.4. The van der Waals surface area contributed by atoms with Crippen LogP contribution in [0.3, 0.4) is 0 Å². The normalized spacial score (nSPS) is 17.6. The highest BCUT2D eigenvalue weighted by Gasteiger charge is 2.20. The lowest BCUT2D eigenvalue weighted by molar-refractivity contribution is 0.316. The lowest BCUT2D eigenvalue weighted by Crippen LogP contribution is -2.11. The fourth-order valence-electron chi connectivity index (χ4n) is 2.67. The second-order valence-corrected chi connectivity index (χ2v) is 6.24. The van der Waals surface area contributed by atoms with Gasteiger partial charge in [0.25, 0.3) is 0 Å². The molecule has 0 amide bonds. The molecule has 2 aromatic carbocycles. The number of nitrogens with one attached hydrogen (secondary N) is 1. The SMILES string of the molecule is Cc1cc(F)ccc1NC1CCCOc2cc(Br)ccc21. The number of benzene rings is 2. The molecule has 4 heteroatoms. The summed E-state index contributed by atoms with van der Waals surface area (Å²) in [6, 6.07) is 11.1. The van der Waals surface area contributed by atoms with Crippen LogP contribution < -0.4 is 10.1 Å². The van der Waals surface area contributed by atoms with E-state index in [0.717, 1.165) is 46.5 Å². The molecule has 1 aliphatic rings. The lowest BCUT2D eigenvalue weighted by Gasteiger charge is -2.21. The molecule has 0 spiro atoms. The number of hydrogen-bond donors (Lipinski definition) is 1. The van der Waals surface area contributed by atoms with Crippen LogP contribution in [-0.2, 0) is 0 Å². The van der Waals surface area contributed by atoms with Crippen molar-refractivity contribution >= 4 is 21.6 Å². The van der Waals surface area contributed by atoms with Crippen molar-refractivity contribution in [1.82, 2.24) is 0 Å². The predicted octanol–water partition coefficient (Wildman–Crippen LogP) is 5.22. The summed E-state index contributed by atoms with van der Waals surface area (Å²) in [4.78, 5) is 0. The number of fused-ring (bicyclic) bond motifs is 1. The van der Waals surface area contributed by atoms with Crippen molar-refractivity contribution < 1.29 is 9.13 Å². The minimum Gasteiger partial charge on any atom is -0.493 e. The van der Waals surface area contributed by atoms with Crippen molar-refractivity contribution in [2.75, 3.05) is 11.9 Å². The van der Waals surface area contributed by atoms with Gasteiger partial charge in [0.1, 0.15) is 11.6 Å². The highest BCUT2D eigenvalue weighted by molar-refractivity contribution is 9.10. The molecule has 0 bridgehead atoms. The zero-order chi connectivity index (χ0) is 14.8. The maximum absolute atomic E-state index is 13.2. The van der Waals surface area contributed by atoms with Gasteiger partial charge in [0, 0.05) is 15.7 Å². The van der Waals surface area contributed by atoms with Crippen LogP contribution in [0.2, 0.25) is 0 Å². The van der Waals surface area contributed by atoms with E-state index < -0.39 is 0 Å². The summed E-state index contributed by atoms with van der Waals surface area (Å²) in [7, 11) is 0. The maximum Gasteiger partial charge on any atom is 0.125 e. The monoisotopic (exact) mass is 349 g/mol. The van der Waals surface area contributed by atoms with E-state index in [0.29, 0.717) is 0 Å². The van der Waals surface area contributed by atoms with Crippen LogP contribution in [0.4, 0.5) is 10.1 Å². The van der Waals surface area contributed by atoms with Gasteiger partial charge in [-0.25, -0.2) is 4.39 Å². The molecule has 110 valence electrons. The molecule has 21 heavy (non-hydrogen) atoms. The summed E-state index contributed by atoms with van der Waals surface area (Å²) in [6.07, 6.45) is 1.98. The third-order valence-corrected chi connectivity index (χ3v) is 4.26. The summed E-state index contributed by atoms with van der Waals surface area (Å²) < 4.78 is 20.1. The van der Waals surface area contributed by atoms with Gasteiger partial charge < -0.3 is 10.1 Å². The maximum atomic E-state index is 13.2. The fraction of sp³-hybridized carbons (Fsp3) is 0.294. The Hall–Kier alpha value is -1.55. The lowest BCUT2D eigenvalue weighted by atomic mass is 10.0. The first-order valence-corrected chi connectivity index (χ1v) is 7.88.